The molecule has 2 rings (SSSR count). The fourth-order valence-corrected chi connectivity index (χ4v) is 2.44. The molecule has 1 spiro atoms. The molecule has 1 aliphatic heterocycles. The second kappa shape index (κ2) is 2.20. The number of hydrogen-bond donors (Lipinski definition) is 3. The van der Waals surface area contributed by atoms with Crippen LogP contribution >= 0.6 is 0 Å². The first-order chi connectivity index (χ1) is 5.56. The zero-order valence-corrected chi connectivity index (χ0v) is 6.84. The van der Waals surface area contributed by atoms with Gasteiger partial charge in [0.2, 0.25) is 0 Å². The molecule has 4 nitrogen and oxygen atoms in total. The number of carboxylic acid groups (broad SMARTS) is 1. The summed E-state index contributed by atoms with van der Waals surface area (Å²) in [7, 11) is 0. The van der Waals surface area contributed by atoms with Crippen molar-refractivity contribution in [3.8, 4) is 0 Å². The van der Waals surface area contributed by atoms with E-state index in [1.807, 2.05) is 0 Å². The normalized spacial score (nSPS) is 46.1. The second-order valence-electron chi connectivity index (χ2n) is 4.12. The number of aliphatic carboxylic acids is 1. The lowest BCUT2D eigenvalue weighted by atomic mass is 9.58. The molecule has 68 valence electrons. The monoisotopic (exact) mass is 171 g/mol. The Hall–Kier alpha value is -0.610. The average Bonchev–Trinajstić information content (AvgIpc) is 2.34. The molecule has 0 atom stereocenters. The van der Waals surface area contributed by atoms with E-state index in [1.54, 1.807) is 0 Å². The maximum absolute atomic E-state index is 10.6. The maximum Gasteiger partial charge on any atom is 0.335 e. The van der Waals surface area contributed by atoms with Crippen molar-refractivity contribution in [2.24, 2.45) is 5.41 Å². The van der Waals surface area contributed by atoms with Crippen molar-refractivity contribution in [3.05, 3.63) is 0 Å². The smallest absolute Gasteiger partial charge is 0.335 e. The van der Waals surface area contributed by atoms with E-state index in [9.17, 15) is 9.90 Å². The molecule has 0 unspecified atom stereocenters. The third-order valence-corrected chi connectivity index (χ3v) is 3.07. The number of carbonyl (C=O) groups is 1. The van der Waals surface area contributed by atoms with Gasteiger partial charge in [-0.1, -0.05) is 0 Å². The minimum absolute atomic E-state index is 0.0904. The summed E-state index contributed by atoms with van der Waals surface area (Å²) in [4.78, 5) is 10.6. The molecule has 1 saturated heterocycles. The van der Waals surface area contributed by atoms with Gasteiger partial charge in [0.15, 0.2) is 5.60 Å². The van der Waals surface area contributed by atoms with Crippen molar-refractivity contribution in [1.29, 1.82) is 0 Å². The largest absolute Gasteiger partial charge is 0.479 e. The highest BCUT2D eigenvalue weighted by molar-refractivity contribution is 5.78. The van der Waals surface area contributed by atoms with Crippen LogP contribution in [-0.4, -0.2) is 34.9 Å². The summed E-state index contributed by atoms with van der Waals surface area (Å²) in [5.41, 5.74) is -1.33. The number of hydrogen-bond acceptors (Lipinski definition) is 3. The molecule has 12 heavy (non-hydrogen) atoms. The van der Waals surface area contributed by atoms with Gasteiger partial charge in [-0.15, -0.1) is 0 Å². The third kappa shape index (κ3) is 0.949. The van der Waals surface area contributed by atoms with Gasteiger partial charge in [0.05, 0.1) is 0 Å². The molecule has 2 aliphatic rings. The van der Waals surface area contributed by atoms with E-state index in [2.05, 4.69) is 5.32 Å². The Morgan fingerprint density at radius 2 is 2.08 bits per heavy atom. The van der Waals surface area contributed by atoms with E-state index in [1.165, 1.54) is 0 Å². The van der Waals surface area contributed by atoms with Gasteiger partial charge in [0.25, 0.3) is 0 Å². The molecule has 0 radical (unpaired) electrons. The van der Waals surface area contributed by atoms with Crippen LogP contribution in [0.4, 0.5) is 0 Å². The van der Waals surface area contributed by atoms with Crippen LogP contribution in [0.15, 0.2) is 0 Å². The van der Waals surface area contributed by atoms with E-state index in [-0.39, 0.29) is 5.41 Å². The standard InChI is InChI=1S/C8H13NO3/c10-6(11)8(12)3-7(4-8)1-2-9-5-7/h9,12H,1-5H2,(H,10,11). The van der Waals surface area contributed by atoms with Crippen LogP contribution < -0.4 is 5.32 Å². The average molecular weight is 171 g/mol. The molecule has 0 aromatic rings. The maximum atomic E-state index is 10.6. The van der Waals surface area contributed by atoms with Gasteiger partial charge >= 0.3 is 5.97 Å². The summed E-state index contributed by atoms with van der Waals surface area (Å²) in [6.07, 6.45) is 1.84. The van der Waals surface area contributed by atoms with E-state index < -0.39 is 11.6 Å². The summed E-state index contributed by atoms with van der Waals surface area (Å²) in [6.45, 7) is 1.82. The molecule has 4 heteroatoms. The highest BCUT2D eigenvalue weighted by Crippen LogP contribution is 2.52. The summed E-state index contributed by atoms with van der Waals surface area (Å²) in [5.74, 6) is -1.07. The predicted octanol–water partition coefficient (Wildman–Crippen LogP) is -0.424. The molecule has 0 amide bonds. The summed E-state index contributed by atoms with van der Waals surface area (Å²) >= 11 is 0. The van der Waals surface area contributed by atoms with Crippen LogP contribution in [0.2, 0.25) is 0 Å². The third-order valence-electron chi connectivity index (χ3n) is 3.07. The van der Waals surface area contributed by atoms with Gasteiger partial charge in [-0.05, 0) is 31.2 Å². The zero-order valence-electron chi connectivity index (χ0n) is 6.84. The Morgan fingerprint density at radius 1 is 1.42 bits per heavy atom. The van der Waals surface area contributed by atoms with Gasteiger partial charge in [0.1, 0.15) is 0 Å². The van der Waals surface area contributed by atoms with Crippen molar-refractivity contribution >= 4 is 5.97 Å². The van der Waals surface area contributed by atoms with Crippen molar-refractivity contribution in [2.75, 3.05) is 13.1 Å². The van der Waals surface area contributed by atoms with Crippen LogP contribution in [0, 0.1) is 5.41 Å². The quantitative estimate of drug-likeness (QED) is 0.501. The first-order valence-electron chi connectivity index (χ1n) is 4.23. The number of nitrogens with one attached hydrogen (secondary N) is 1. The topological polar surface area (TPSA) is 69.6 Å². The molecule has 0 aromatic carbocycles. The molecule has 3 N–H and O–H groups in total. The fraction of sp³-hybridized carbons (Fsp3) is 0.875. The van der Waals surface area contributed by atoms with Crippen molar-refractivity contribution in [3.63, 3.8) is 0 Å². The van der Waals surface area contributed by atoms with Gasteiger partial charge in [-0.25, -0.2) is 4.79 Å². The molecule has 1 aliphatic carbocycles. The van der Waals surface area contributed by atoms with Gasteiger partial charge in [-0.3, -0.25) is 0 Å². The van der Waals surface area contributed by atoms with Crippen molar-refractivity contribution in [2.45, 2.75) is 24.9 Å². The minimum Gasteiger partial charge on any atom is -0.479 e. The van der Waals surface area contributed by atoms with Gasteiger partial charge in [-0.2, -0.15) is 0 Å². The SMILES string of the molecule is O=C(O)C1(O)CC2(CCNC2)C1. The lowest BCUT2D eigenvalue weighted by Gasteiger charge is -2.48. The molecule has 0 bridgehead atoms. The predicted molar refractivity (Wildman–Crippen MR) is 41.7 cm³/mol. The number of rotatable bonds is 1. The lowest BCUT2D eigenvalue weighted by molar-refractivity contribution is -0.184. The first kappa shape index (κ1) is 8.01. The Morgan fingerprint density at radius 3 is 2.50 bits per heavy atom. The van der Waals surface area contributed by atoms with Crippen LogP contribution in [-0.2, 0) is 4.79 Å². The lowest BCUT2D eigenvalue weighted by Crippen LogP contribution is -2.57. The zero-order chi connectivity index (χ0) is 8.82. The molecule has 0 aromatic heterocycles. The number of aliphatic hydroxyl groups is 1. The van der Waals surface area contributed by atoms with E-state index in [4.69, 9.17) is 5.11 Å². The summed E-state index contributed by atoms with van der Waals surface area (Å²) < 4.78 is 0. The number of carboxylic acids is 1. The van der Waals surface area contributed by atoms with Gasteiger partial charge < -0.3 is 15.5 Å². The molecular weight excluding hydrogens is 158 g/mol. The van der Waals surface area contributed by atoms with Crippen LogP contribution in [0.5, 0.6) is 0 Å². The highest BCUT2D eigenvalue weighted by atomic mass is 16.4. The van der Waals surface area contributed by atoms with Gasteiger partial charge in [0, 0.05) is 6.54 Å². The van der Waals surface area contributed by atoms with Crippen molar-refractivity contribution in [1.82, 2.24) is 5.32 Å². The Kier molecular flexibility index (Phi) is 1.47. The Labute approximate surface area is 70.6 Å². The van der Waals surface area contributed by atoms with Crippen LogP contribution in [0.25, 0.3) is 0 Å². The molecule has 1 heterocycles. The van der Waals surface area contributed by atoms with Crippen LogP contribution in [0.1, 0.15) is 19.3 Å². The Balaban J connectivity index is 2.01. The summed E-state index contributed by atoms with van der Waals surface area (Å²) in [6, 6.07) is 0. The highest BCUT2D eigenvalue weighted by Gasteiger charge is 2.58. The second-order valence-corrected chi connectivity index (χ2v) is 4.12. The first-order valence-corrected chi connectivity index (χ1v) is 4.23. The van der Waals surface area contributed by atoms with Crippen molar-refractivity contribution < 1.29 is 15.0 Å². The van der Waals surface area contributed by atoms with E-state index in [0.29, 0.717) is 12.8 Å². The fourth-order valence-electron chi connectivity index (χ4n) is 2.44. The molecule has 1 saturated carbocycles. The Bertz CT molecular complexity index is 212. The van der Waals surface area contributed by atoms with Crippen LogP contribution in [0.3, 0.4) is 0 Å². The molecular formula is C8H13NO3. The summed E-state index contributed by atoms with van der Waals surface area (Å²) in [5, 5.41) is 21.3. The minimum atomic E-state index is -1.42. The van der Waals surface area contributed by atoms with E-state index >= 15 is 0 Å². The van der Waals surface area contributed by atoms with E-state index in [0.717, 1.165) is 19.5 Å². The molecule has 2 fully saturated rings.